The number of rotatable bonds is 6. The minimum Gasteiger partial charge on any atom is -0.481 e. The molecule has 144 valence electrons. The molecule has 1 fully saturated rings. The highest BCUT2D eigenvalue weighted by Crippen LogP contribution is 2.32. The molecule has 0 spiro atoms. The summed E-state index contributed by atoms with van der Waals surface area (Å²) in [7, 11) is 0. The molecule has 1 saturated heterocycles. The molecule has 0 amide bonds. The molecular weight excluding hydrogens is 363 g/mol. The highest BCUT2D eigenvalue weighted by molar-refractivity contribution is 5.69. The number of carboxylic acids is 1. The minimum absolute atomic E-state index is 0.0366. The van der Waals surface area contributed by atoms with E-state index in [0.29, 0.717) is 5.75 Å². The SMILES string of the molecule is O=C(O)CC1CCCN1c1ccc(Oc2cccc(OC(F)(F)F)c2)cc1. The molecule has 8 heteroatoms. The van der Waals surface area contributed by atoms with E-state index in [0.717, 1.165) is 31.1 Å². The summed E-state index contributed by atoms with van der Waals surface area (Å²) in [4.78, 5) is 13.0. The predicted octanol–water partition coefficient (Wildman–Crippen LogP) is 4.82. The molecule has 3 rings (SSSR count). The first-order valence-electron chi connectivity index (χ1n) is 8.42. The summed E-state index contributed by atoms with van der Waals surface area (Å²) in [5, 5.41) is 9.01. The van der Waals surface area contributed by atoms with Crippen molar-refractivity contribution in [2.24, 2.45) is 0 Å². The summed E-state index contributed by atoms with van der Waals surface area (Å²) in [5.74, 6) is -0.510. The van der Waals surface area contributed by atoms with Crippen LogP contribution in [-0.4, -0.2) is 30.0 Å². The molecule has 5 nitrogen and oxygen atoms in total. The number of benzene rings is 2. The van der Waals surface area contributed by atoms with Crippen molar-refractivity contribution in [3.8, 4) is 17.2 Å². The van der Waals surface area contributed by atoms with Gasteiger partial charge < -0.3 is 19.5 Å². The number of carboxylic acid groups (broad SMARTS) is 1. The van der Waals surface area contributed by atoms with Crippen molar-refractivity contribution < 1.29 is 32.5 Å². The molecule has 1 N–H and O–H groups in total. The van der Waals surface area contributed by atoms with Crippen LogP contribution in [0.5, 0.6) is 17.2 Å². The Balaban J connectivity index is 1.67. The summed E-state index contributed by atoms with van der Waals surface area (Å²) < 4.78 is 46.4. The first-order chi connectivity index (χ1) is 12.8. The van der Waals surface area contributed by atoms with Gasteiger partial charge in [-0.05, 0) is 49.2 Å². The fraction of sp³-hybridized carbons (Fsp3) is 0.316. The quantitative estimate of drug-likeness (QED) is 0.777. The zero-order valence-corrected chi connectivity index (χ0v) is 14.3. The van der Waals surface area contributed by atoms with Gasteiger partial charge in [-0.15, -0.1) is 13.2 Å². The molecule has 1 aliphatic rings. The monoisotopic (exact) mass is 381 g/mol. The molecule has 2 aromatic carbocycles. The van der Waals surface area contributed by atoms with Gasteiger partial charge in [0.25, 0.3) is 0 Å². The lowest BCUT2D eigenvalue weighted by Gasteiger charge is -2.25. The molecule has 1 aliphatic heterocycles. The molecular formula is C19H18F3NO4. The Labute approximate surface area is 153 Å². The number of anilines is 1. The van der Waals surface area contributed by atoms with Crippen molar-refractivity contribution >= 4 is 11.7 Å². The predicted molar refractivity (Wildman–Crippen MR) is 92.3 cm³/mol. The number of carbonyl (C=O) groups is 1. The normalized spacial score (nSPS) is 17.0. The van der Waals surface area contributed by atoms with Crippen molar-refractivity contribution in [3.05, 3.63) is 48.5 Å². The van der Waals surface area contributed by atoms with Crippen molar-refractivity contribution in [1.82, 2.24) is 0 Å². The summed E-state index contributed by atoms with van der Waals surface area (Å²) in [6, 6.07) is 12.3. The van der Waals surface area contributed by atoms with Crippen LogP contribution in [0.4, 0.5) is 18.9 Å². The van der Waals surface area contributed by atoms with Crippen LogP contribution >= 0.6 is 0 Å². The number of nitrogens with zero attached hydrogens (tertiary/aromatic N) is 1. The third-order valence-electron chi connectivity index (χ3n) is 4.23. The molecule has 1 atom stereocenters. The Morgan fingerprint density at radius 3 is 2.48 bits per heavy atom. The zero-order chi connectivity index (χ0) is 19.4. The number of hydrogen-bond donors (Lipinski definition) is 1. The lowest BCUT2D eigenvalue weighted by atomic mass is 10.1. The Morgan fingerprint density at radius 1 is 1.11 bits per heavy atom. The van der Waals surface area contributed by atoms with Crippen LogP contribution in [0.2, 0.25) is 0 Å². The van der Waals surface area contributed by atoms with E-state index in [4.69, 9.17) is 9.84 Å². The van der Waals surface area contributed by atoms with E-state index in [1.165, 1.54) is 18.2 Å². The average Bonchev–Trinajstić information content (AvgIpc) is 3.01. The van der Waals surface area contributed by atoms with E-state index in [9.17, 15) is 18.0 Å². The number of hydrogen-bond acceptors (Lipinski definition) is 4. The molecule has 0 aromatic heterocycles. The van der Waals surface area contributed by atoms with Gasteiger partial charge in [0.1, 0.15) is 17.2 Å². The van der Waals surface area contributed by atoms with Gasteiger partial charge >= 0.3 is 12.3 Å². The lowest BCUT2D eigenvalue weighted by Crippen LogP contribution is -2.31. The third kappa shape index (κ3) is 5.29. The third-order valence-corrected chi connectivity index (χ3v) is 4.23. The average molecular weight is 381 g/mol. The van der Waals surface area contributed by atoms with Gasteiger partial charge in [-0.3, -0.25) is 4.79 Å². The molecule has 0 aliphatic carbocycles. The summed E-state index contributed by atoms with van der Waals surface area (Å²) in [5.41, 5.74) is 0.889. The summed E-state index contributed by atoms with van der Waals surface area (Å²) in [6.07, 6.45) is -2.91. The van der Waals surface area contributed by atoms with E-state index in [1.54, 1.807) is 12.1 Å². The largest absolute Gasteiger partial charge is 0.573 e. The fourth-order valence-corrected chi connectivity index (χ4v) is 3.17. The zero-order valence-electron chi connectivity index (χ0n) is 14.3. The van der Waals surface area contributed by atoms with Gasteiger partial charge in [0.05, 0.1) is 6.42 Å². The van der Waals surface area contributed by atoms with Crippen molar-refractivity contribution in [2.45, 2.75) is 31.7 Å². The number of aliphatic carboxylic acids is 1. The summed E-state index contributed by atoms with van der Waals surface area (Å²) in [6.45, 7) is 0.787. The van der Waals surface area contributed by atoms with Crippen LogP contribution in [0.15, 0.2) is 48.5 Å². The smallest absolute Gasteiger partial charge is 0.481 e. The number of halogens is 3. The van der Waals surface area contributed by atoms with E-state index in [1.807, 2.05) is 12.1 Å². The molecule has 2 aromatic rings. The Morgan fingerprint density at radius 2 is 1.81 bits per heavy atom. The maximum Gasteiger partial charge on any atom is 0.573 e. The topological polar surface area (TPSA) is 59.0 Å². The Bertz CT molecular complexity index is 792. The minimum atomic E-state index is -4.76. The van der Waals surface area contributed by atoms with Crippen LogP contribution < -0.4 is 14.4 Å². The Kier molecular flexibility index (Phi) is 5.43. The molecule has 27 heavy (non-hydrogen) atoms. The molecule has 0 radical (unpaired) electrons. The van der Waals surface area contributed by atoms with Crippen LogP contribution in [0.25, 0.3) is 0 Å². The van der Waals surface area contributed by atoms with Gasteiger partial charge in [0.2, 0.25) is 0 Å². The van der Waals surface area contributed by atoms with Gasteiger partial charge in [-0.25, -0.2) is 0 Å². The van der Waals surface area contributed by atoms with Crippen LogP contribution in [0.1, 0.15) is 19.3 Å². The molecule has 0 saturated carbocycles. The summed E-state index contributed by atoms with van der Waals surface area (Å²) >= 11 is 0. The molecule has 0 bridgehead atoms. The van der Waals surface area contributed by atoms with Crippen LogP contribution in [0.3, 0.4) is 0 Å². The van der Waals surface area contributed by atoms with Crippen molar-refractivity contribution in [1.29, 1.82) is 0 Å². The van der Waals surface area contributed by atoms with Gasteiger partial charge in [-0.2, -0.15) is 0 Å². The second-order valence-corrected chi connectivity index (χ2v) is 6.21. The Hall–Kier alpha value is -2.90. The van der Waals surface area contributed by atoms with Crippen molar-refractivity contribution in [2.75, 3.05) is 11.4 Å². The van der Waals surface area contributed by atoms with Crippen molar-refractivity contribution in [3.63, 3.8) is 0 Å². The van der Waals surface area contributed by atoms with E-state index >= 15 is 0 Å². The maximum atomic E-state index is 12.3. The van der Waals surface area contributed by atoms with Crippen LogP contribution in [0, 0.1) is 0 Å². The van der Waals surface area contributed by atoms with Gasteiger partial charge in [0.15, 0.2) is 0 Å². The van der Waals surface area contributed by atoms with Gasteiger partial charge in [-0.1, -0.05) is 6.07 Å². The van der Waals surface area contributed by atoms with E-state index < -0.39 is 12.3 Å². The number of ether oxygens (including phenoxy) is 2. The van der Waals surface area contributed by atoms with E-state index in [-0.39, 0.29) is 24.0 Å². The second-order valence-electron chi connectivity index (χ2n) is 6.21. The second kappa shape index (κ2) is 7.77. The first-order valence-corrected chi connectivity index (χ1v) is 8.42. The van der Waals surface area contributed by atoms with Crippen LogP contribution in [-0.2, 0) is 4.79 Å². The fourth-order valence-electron chi connectivity index (χ4n) is 3.17. The number of alkyl halides is 3. The highest BCUT2D eigenvalue weighted by atomic mass is 19.4. The molecule has 1 unspecified atom stereocenters. The standard InChI is InChI=1S/C19H18F3NO4/c20-19(21,22)27-17-5-1-4-16(12-17)26-15-8-6-13(7-9-15)23-10-2-3-14(23)11-18(24)25/h1,4-9,12,14H,2-3,10-11H2,(H,24,25). The van der Waals surface area contributed by atoms with Gasteiger partial charge in [0, 0.05) is 24.3 Å². The molecule has 1 heterocycles. The lowest BCUT2D eigenvalue weighted by molar-refractivity contribution is -0.274. The van der Waals surface area contributed by atoms with E-state index in [2.05, 4.69) is 9.64 Å². The first kappa shape index (κ1) is 18.9. The highest BCUT2D eigenvalue weighted by Gasteiger charge is 2.31. The maximum absolute atomic E-state index is 12.3.